The number of aliphatic hydroxyl groups excluding tert-OH is 1. The number of nitrogen functional groups attached to an aromatic ring is 1. The van der Waals surface area contributed by atoms with Crippen LogP contribution in [0, 0.1) is 0 Å². The van der Waals surface area contributed by atoms with E-state index in [1.54, 1.807) is 30.5 Å². The Bertz CT molecular complexity index is 1150. The van der Waals surface area contributed by atoms with E-state index in [9.17, 15) is 5.11 Å². The zero-order valence-electron chi connectivity index (χ0n) is 15.5. The molecule has 0 spiro atoms. The molecule has 3 N–H and O–H groups in total. The van der Waals surface area contributed by atoms with E-state index in [2.05, 4.69) is 4.98 Å². The van der Waals surface area contributed by atoms with Crippen LogP contribution in [0.2, 0.25) is 5.02 Å². The summed E-state index contributed by atoms with van der Waals surface area (Å²) in [4.78, 5) is 4.42. The van der Waals surface area contributed by atoms with Crippen molar-refractivity contribution in [2.45, 2.75) is 13.2 Å². The largest absolute Gasteiger partial charge is 0.488 e. The fourth-order valence-electron chi connectivity index (χ4n) is 2.97. The van der Waals surface area contributed by atoms with Gasteiger partial charge in [0.15, 0.2) is 0 Å². The lowest BCUT2D eigenvalue weighted by atomic mass is 10.1. The Morgan fingerprint density at radius 3 is 2.55 bits per heavy atom. The average molecular weight is 407 g/mol. The average Bonchev–Trinajstić information content (AvgIpc) is 2.75. The van der Waals surface area contributed by atoms with Gasteiger partial charge in [-0.3, -0.25) is 4.98 Å². The highest BCUT2D eigenvalue weighted by Gasteiger charge is 2.12. The summed E-state index contributed by atoms with van der Waals surface area (Å²) in [7, 11) is 0. The van der Waals surface area contributed by atoms with E-state index in [1.807, 2.05) is 42.5 Å². The van der Waals surface area contributed by atoms with E-state index in [0.717, 1.165) is 10.9 Å². The second kappa shape index (κ2) is 8.39. The van der Waals surface area contributed by atoms with Gasteiger partial charge in [-0.25, -0.2) is 0 Å². The third kappa shape index (κ3) is 4.26. The van der Waals surface area contributed by atoms with Crippen LogP contribution in [0.1, 0.15) is 11.1 Å². The van der Waals surface area contributed by atoms with Crippen molar-refractivity contribution < 1.29 is 14.6 Å². The third-order valence-electron chi connectivity index (χ3n) is 4.49. The van der Waals surface area contributed by atoms with Crippen LogP contribution in [0.3, 0.4) is 0 Å². The summed E-state index contributed by atoms with van der Waals surface area (Å²) in [5.74, 6) is 1.75. The molecule has 0 aliphatic heterocycles. The molecule has 0 aliphatic rings. The van der Waals surface area contributed by atoms with Crippen LogP contribution in [0.5, 0.6) is 17.2 Å². The molecule has 0 unspecified atom stereocenters. The fourth-order valence-corrected chi connectivity index (χ4v) is 3.14. The van der Waals surface area contributed by atoms with Gasteiger partial charge in [0, 0.05) is 29.3 Å². The van der Waals surface area contributed by atoms with Crippen molar-refractivity contribution in [3.63, 3.8) is 0 Å². The molecule has 1 heterocycles. The molecule has 6 heteroatoms. The maximum Gasteiger partial charge on any atom is 0.138 e. The lowest BCUT2D eigenvalue weighted by Crippen LogP contribution is -2.00. The van der Waals surface area contributed by atoms with E-state index >= 15 is 0 Å². The molecule has 0 fully saturated rings. The topological polar surface area (TPSA) is 77.6 Å². The van der Waals surface area contributed by atoms with E-state index in [1.165, 1.54) is 0 Å². The number of aliphatic hydroxyl groups is 1. The highest BCUT2D eigenvalue weighted by molar-refractivity contribution is 6.33. The van der Waals surface area contributed by atoms with Gasteiger partial charge >= 0.3 is 0 Å². The molecule has 0 atom stereocenters. The molecule has 5 nitrogen and oxygen atoms in total. The minimum Gasteiger partial charge on any atom is -0.488 e. The van der Waals surface area contributed by atoms with Crippen LogP contribution in [0.25, 0.3) is 10.9 Å². The lowest BCUT2D eigenvalue weighted by Gasteiger charge is -2.14. The fraction of sp³-hybridized carbons (Fsp3) is 0.0870. The predicted molar refractivity (Wildman–Crippen MR) is 114 cm³/mol. The van der Waals surface area contributed by atoms with Crippen LogP contribution in [-0.2, 0) is 13.2 Å². The Balaban J connectivity index is 1.66. The number of nitrogens with zero attached hydrogens (tertiary/aromatic N) is 1. The highest BCUT2D eigenvalue weighted by atomic mass is 35.5. The first kappa shape index (κ1) is 19.1. The minimum atomic E-state index is -0.165. The van der Waals surface area contributed by atoms with Crippen LogP contribution >= 0.6 is 11.6 Å². The molecule has 0 saturated heterocycles. The minimum absolute atomic E-state index is 0.165. The van der Waals surface area contributed by atoms with Crippen molar-refractivity contribution in [2.75, 3.05) is 5.73 Å². The van der Waals surface area contributed by atoms with Gasteiger partial charge in [-0.2, -0.15) is 0 Å². The number of aromatic nitrogens is 1. The molecule has 0 saturated carbocycles. The summed E-state index contributed by atoms with van der Waals surface area (Å²) in [6.07, 6.45) is 1.66. The molecule has 146 valence electrons. The smallest absolute Gasteiger partial charge is 0.138 e. The highest BCUT2D eigenvalue weighted by Crippen LogP contribution is 2.35. The normalized spacial score (nSPS) is 10.8. The molecule has 0 bridgehead atoms. The SMILES string of the molecule is Nc1ccc(Oc2ccnc3cc(OCc4ccccc4)c(CO)cc23)cc1Cl. The maximum absolute atomic E-state index is 9.85. The van der Waals surface area contributed by atoms with Crippen LogP contribution in [0.4, 0.5) is 5.69 Å². The molecule has 0 amide bonds. The predicted octanol–water partition coefficient (Wildman–Crippen LogP) is 5.33. The number of anilines is 1. The van der Waals surface area contributed by atoms with Gasteiger partial charge in [0.25, 0.3) is 0 Å². The Kier molecular flexibility index (Phi) is 5.51. The monoisotopic (exact) mass is 406 g/mol. The van der Waals surface area contributed by atoms with Crippen molar-refractivity contribution in [1.82, 2.24) is 4.98 Å². The Morgan fingerprint density at radius 1 is 0.966 bits per heavy atom. The van der Waals surface area contributed by atoms with Crippen LogP contribution in [0.15, 0.2) is 72.9 Å². The summed E-state index contributed by atoms with van der Waals surface area (Å²) in [5.41, 5.74) is 8.64. The van der Waals surface area contributed by atoms with Gasteiger partial charge in [0.05, 0.1) is 22.8 Å². The quantitative estimate of drug-likeness (QED) is 0.423. The molecular weight excluding hydrogens is 388 g/mol. The number of ether oxygens (including phenoxy) is 2. The van der Waals surface area contributed by atoms with Crippen molar-refractivity contribution in [3.05, 3.63) is 89.1 Å². The number of benzene rings is 3. The molecule has 0 aliphatic carbocycles. The van der Waals surface area contributed by atoms with Crippen molar-refractivity contribution >= 4 is 28.2 Å². The summed E-state index contributed by atoms with van der Waals surface area (Å²) in [6, 6.07) is 20.4. The molecule has 29 heavy (non-hydrogen) atoms. The molecule has 4 aromatic rings. The summed E-state index contributed by atoms with van der Waals surface area (Å²) < 4.78 is 11.9. The first-order valence-electron chi connectivity index (χ1n) is 9.06. The number of hydrogen-bond acceptors (Lipinski definition) is 5. The first-order chi connectivity index (χ1) is 14.1. The van der Waals surface area contributed by atoms with Gasteiger partial charge in [0.2, 0.25) is 0 Å². The number of hydrogen-bond donors (Lipinski definition) is 2. The Labute approximate surface area is 173 Å². The van der Waals surface area contributed by atoms with Gasteiger partial charge < -0.3 is 20.3 Å². The summed E-state index contributed by atoms with van der Waals surface area (Å²) >= 11 is 6.09. The van der Waals surface area contributed by atoms with Crippen LogP contribution < -0.4 is 15.2 Å². The zero-order chi connectivity index (χ0) is 20.2. The standard InChI is InChI=1S/C23H19ClN2O3/c24-19-11-17(6-7-20(19)25)29-22-8-9-26-21-12-23(16(13-27)10-18(21)22)28-14-15-4-2-1-3-5-15/h1-12,27H,13-14,25H2. The molecule has 3 aromatic carbocycles. The van der Waals surface area contributed by atoms with E-state index in [-0.39, 0.29) is 6.61 Å². The first-order valence-corrected chi connectivity index (χ1v) is 9.44. The number of halogens is 1. The summed E-state index contributed by atoms with van der Waals surface area (Å²) in [6.45, 7) is 0.238. The number of fused-ring (bicyclic) bond motifs is 1. The van der Waals surface area contributed by atoms with E-state index in [4.69, 9.17) is 26.8 Å². The van der Waals surface area contributed by atoms with Gasteiger partial charge in [0.1, 0.15) is 23.9 Å². The van der Waals surface area contributed by atoms with E-state index < -0.39 is 0 Å². The van der Waals surface area contributed by atoms with Crippen molar-refractivity contribution in [1.29, 1.82) is 0 Å². The molecule has 4 rings (SSSR count). The second-order valence-corrected chi connectivity index (χ2v) is 6.91. The Hall–Kier alpha value is -3.28. The second-order valence-electron chi connectivity index (χ2n) is 6.50. The van der Waals surface area contributed by atoms with E-state index in [0.29, 0.717) is 45.6 Å². The maximum atomic E-state index is 9.85. The number of nitrogens with two attached hydrogens (primary N) is 1. The van der Waals surface area contributed by atoms with Crippen LogP contribution in [-0.4, -0.2) is 10.1 Å². The molecule has 1 aromatic heterocycles. The molecular formula is C23H19ClN2O3. The number of rotatable bonds is 6. The van der Waals surface area contributed by atoms with Gasteiger partial charge in [-0.1, -0.05) is 41.9 Å². The number of pyridine rings is 1. The zero-order valence-corrected chi connectivity index (χ0v) is 16.3. The Morgan fingerprint density at radius 2 is 1.79 bits per heavy atom. The lowest BCUT2D eigenvalue weighted by molar-refractivity contribution is 0.259. The van der Waals surface area contributed by atoms with Crippen molar-refractivity contribution in [3.8, 4) is 17.2 Å². The van der Waals surface area contributed by atoms with Gasteiger partial charge in [-0.15, -0.1) is 0 Å². The van der Waals surface area contributed by atoms with Gasteiger partial charge in [-0.05, 0) is 29.8 Å². The molecule has 0 radical (unpaired) electrons. The van der Waals surface area contributed by atoms with Crippen molar-refractivity contribution in [2.24, 2.45) is 0 Å². The third-order valence-corrected chi connectivity index (χ3v) is 4.82. The summed E-state index contributed by atoms with van der Waals surface area (Å²) in [5, 5.41) is 11.0.